The molecular formula is C22H23N3O3S2. The molecule has 1 amide bonds. The van der Waals surface area contributed by atoms with Crippen LogP contribution in [0.4, 0.5) is 4.79 Å². The van der Waals surface area contributed by atoms with Crippen LogP contribution in [0.3, 0.4) is 0 Å². The first-order valence-corrected chi connectivity index (χ1v) is 11.4. The molecule has 0 unspecified atom stereocenters. The predicted octanol–water partition coefficient (Wildman–Crippen LogP) is 5.01. The number of ether oxygens (including phenoxy) is 1. The number of rotatable bonds is 4. The first kappa shape index (κ1) is 20.7. The number of carbonyl (C=O) groups is 2. The quantitative estimate of drug-likeness (QED) is 0.532. The molecule has 0 radical (unpaired) electrons. The molecule has 4 heterocycles. The van der Waals surface area contributed by atoms with Crippen molar-refractivity contribution in [3.8, 4) is 10.6 Å². The van der Waals surface area contributed by atoms with Crippen LogP contribution in [0.15, 0.2) is 31.1 Å². The lowest BCUT2D eigenvalue weighted by molar-refractivity contribution is -0.113. The second kappa shape index (κ2) is 7.92. The molecule has 0 saturated carbocycles. The summed E-state index contributed by atoms with van der Waals surface area (Å²) in [6.07, 6.45) is 5.56. The van der Waals surface area contributed by atoms with Gasteiger partial charge in [0.1, 0.15) is 16.1 Å². The van der Waals surface area contributed by atoms with E-state index in [4.69, 9.17) is 9.72 Å². The Bertz CT molecular complexity index is 1110. The molecule has 30 heavy (non-hydrogen) atoms. The fourth-order valence-electron chi connectivity index (χ4n) is 3.43. The number of fused-ring (bicyclic) bond motifs is 2. The Morgan fingerprint density at radius 2 is 2.13 bits per heavy atom. The maximum absolute atomic E-state index is 12.6. The highest BCUT2D eigenvalue weighted by Crippen LogP contribution is 2.43. The van der Waals surface area contributed by atoms with Gasteiger partial charge in [0, 0.05) is 34.5 Å². The van der Waals surface area contributed by atoms with E-state index in [0.717, 1.165) is 30.5 Å². The molecule has 0 N–H and O–H groups in total. The molecule has 3 aromatic rings. The lowest BCUT2D eigenvalue weighted by Crippen LogP contribution is -2.39. The molecule has 0 saturated heterocycles. The monoisotopic (exact) mass is 441 g/mol. The lowest BCUT2D eigenvalue weighted by Gasteiger charge is -2.30. The van der Waals surface area contributed by atoms with Gasteiger partial charge in [-0.05, 0) is 44.9 Å². The molecule has 6 nitrogen and oxygen atoms in total. The Labute approximate surface area is 183 Å². The minimum Gasteiger partial charge on any atom is -0.444 e. The molecule has 8 heteroatoms. The van der Waals surface area contributed by atoms with Crippen LogP contribution >= 0.6 is 22.7 Å². The van der Waals surface area contributed by atoms with Gasteiger partial charge in [-0.25, -0.2) is 9.78 Å². The first-order valence-electron chi connectivity index (χ1n) is 9.72. The number of ketones is 1. The summed E-state index contributed by atoms with van der Waals surface area (Å²) in [7, 11) is 0. The SMILES string of the molecule is C=CC(=O)Cc1sc2c(c1-c1nc3cnccc3s1)CCN(C(=O)OC(C)(C)C)C2. The Hall–Kier alpha value is -2.58. The van der Waals surface area contributed by atoms with Crippen LogP contribution < -0.4 is 0 Å². The summed E-state index contributed by atoms with van der Waals surface area (Å²) in [5.74, 6) is -0.0263. The summed E-state index contributed by atoms with van der Waals surface area (Å²) < 4.78 is 6.60. The van der Waals surface area contributed by atoms with E-state index >= 15 is 0 Å². The summed E-state index contributed by atoms with van der Waals surface area (Å²) in [6, 6.07) is 1.95. The van der Waals surface area contributed by atoms with E-state index in [0.29, 0.717) is 19.5 Å². The Morgan fingerprint density at radius 1 is 1.33 bits per heavy atom. The molecule has 0 aromatic carbocycles. The second-order valence-corrected chi connectivity index (χ2v) is 10.4. The number of aromatic nitrogens is 2. The van der Waals surface area contributed by atoms with Gasteiger partial charge in [-0.15, -0.1) is 22.7 Å². The zero-order valence-corrected chi connectivity index (χ0v) is 18.9. The van der Waals surface area contributed by atoms with Crippen LogP contribution in [0, 0.1) is 0 Å². The van der Waals surface area contributed by atoms with Crippen molar-refractivity contribution in [2.75, 3.05) is 6.54 Å². The van der Waals surface area contributed by atoms with Crippen molar-refractivity contribution in [1.29, 1.82) is 0 Å². The second-order valence-electron chi connectivity index (χ2n) is 8.16. The molecule has 3 aromatic heterocycles. The Morgan fingerprint density at radius 3 is 2.83 bits per heavy atom. The van der Waals surface area contributed by atoms with Crippen molar-refractivity contribution in [3.63, 3.8) is 0 Å². The van der Waals surface area contributed by atoms with Gasteiger partial charge in [-0.3, -0.25) is 9.78 Å². The van der Waals surface area contributed by atoms with Crippen molar-refractivity contribution in [3.05, 3.63) is 46.4 Å². The largest absolute Gasteiger partial charge is 0.444 e. The summed E-state index contributed by atoms with van der Waals surface area (Å²) in [5.41, 5.74) is 2.53. The van der Waals surface area contributed by atoms with E-state index < -0.39 is 5.60 Å². The summed E-state index contributed by atoms with van der Waals surface area (Å²) in [4.78, 5) is 37.4. The number of thiophene rings is 1. The molecule has 0 aliphatic carbocycles. The van der Waals surface area contributed by atoms with Gasteiger partial charge >= 0.3 is 6.09 Å². The van der Waals surface area contributed by atoms with E-state index in [9.17, 15) is 9.59 Å². The molecule has 0 fully saturated rings. The molecule has 0 bridgehead atoms. The fourth-order valence-corrected chi connectivity index (χ4v) is 5.91. The average molecular weight is 442 g/mol. The standard InChI is InChI=1S/C22H23N3O3S2/c1-5-13(26)10-17-19(20-24-15-11-23-8-6-16(15)30-20)14-7-9-25(12-18(14)29-17)21(27)28-22(2,3)4/h5-6,8,11H,1,7,9-10,12H2,2-4H3. The summed E-state index contributed by atoms with van der Waals surface area (Å²) in [6.45, 7) is 10.3. The predicted molar refractivity (Wildman–Crippen MR) is 120 cm³/mol. The van der Waals surface area contributed by atoms with Crippen molar-refractivity contribution >= 4 is 44.8 Å². The Balaban J connectivity index is 1.73. The number of pyridine rings is 1. The van der Waals surface area contributed by atoms with Crippen molar-refractivity contribution < 1.29 is 14.3 Å². The van der Waals surface area contributed by atoms with Gasteiger partial charge in [-0.1, -0.05) is 6.58 Å². The molecule has 0 atom stereocenters. The number of amides is 1. The first-order chi connectivity index (χ1) is 14.2. The summed E-state index contributed by atoms with van der Waals surface area (Å²) >= 11 is 3.19. The highest BCUT2D eigenvalue weighted by Gasteiger charge is 2.31. The number of hydrogen-bond acceptors (Lipinski definition) is 7. The smallest absolute Gasteiger partial charge is 0.410 e. The van der Waals surface area contributed by atoms with E-state index in [1.54, 1.807) is 40.0 Å². The van der Waals surface area contributed by atoms with Gasteiger partial charge in [0.05, 0.1) is 17.4 Å². The van der Waals surface area contributed by atoms with Crippen LogP contribution in [0.2, 0.25) is 0 Å². The van der Waals surface area contributed by atoms with Crippen molar-refractivity contribution in [2.24, 2.45) is 0 Å². The van der Waals surface area contributed by atoms with Crippen molar-refractivity contribution in [2.45, 2.75) is 45.8 Å². The third kappa shape index (κ3) is 4.15. The highest BCUT2D eigenvalue weighted by atomic mass is 32.1. The maximum atomic E-state index is 12.6. The normalized spacial score (nSPS) is 13.9. The Kier molecular flexibility index (Phi) is 5.46. The van der Waals surface area contributed by atoms with Crippen LogP contribution in [0.25, 0.3) is 20.8 Å². The average Bonchev–Trinajstić information content (AvgIpc) is 3.26. The maximum Gasteiger partial charge on any atom is 0.410 e. The topological polar surface area (TPSA) is 72.4 Å². The van der Waals surface area contributed by atoms with Crippen LogP contribution in [-0.2, 0) is 28.9 Å². The van der Waals surface area contributed by atoms with Crippen molar-refractivity contribution in [1.82, 2.24) is 14.9 Å². The van der Waals surface area contributed by atoms with Gasteiger partial charge in [-0.2, -0.15) is 0 Å². The van der Waals surface area contributed by atoms with Gasteiger partial charge in [0.15, 0.2) is 5.78 Å². The number of allylic oxidation sites excluding steroid dienone is 1. The van der Waals surface area contributed by atoms with Gasteiger partial charge in [0.2, 0.25) is 0 Å². The third-order valence-electron chi connectivity index (χ3n) is 4.75. The highest BCUT2D eigenvalue weighted by molar-refractivity contribution is 7.22. The number of carbonyl (C=O) groups excluding carboxylic acids is 2. The molecule has 1 aliphatic rings. The van der Waals surface area contributed by atoms with E-state index in [1.807, 2.05) is 26.8 Å². The minimum absolute atomic E-state index is 0.0263. The van der Waals surface area contributed by atoms with E-state index in [2.05, 4.69) is 11.6 Å². The molecule has 4 rings (SSSR count). The summed E-state index contributed by atoms with van der Waals surface area (Å²) in [5, 5.41) is 0.896. The molecule has 0 spiro atoms. The molecule has 156 valence electrons. The lowest BCUT2D eigenvalue weighted by atomic mass is 10.0. The zero-order valence-electron chi connectivity index (χ0n) is 17.2. The van der Waals surface area contributed by atoms with Crippen LogP contribution in [0.1, 0.15) is 36.1 Å². The minimum atomic E-state index is -0.533. The van der Waals surface area contributed by atoms with Crippen LogP contribution in [-0.4, -0.2) is 38.9 Å². The van der Waals surface area contributed by atoms with Gasteiger partial charge in [0.25, 0.3) is 0 Å². The van der Waals surface area contributed by atoms with Gasteiger partial charge < -0.3 is 9.64 Å². The fraction of sp³-hybridized carbons (Fsp3) is 0.364. The van der Waals surface area contributed by atoms with E-state index in [-0.39, 0.29) is 18.3 Å². The number of hydrogen-bond donors (Lipinski definition) is 0. The molecule has 1 aliphatic heterocycles. The molecular weight excluding hydrogens is 418 g/mol. The third-order valence-corrected chi connectivity index (χ3v) is 7.02. The number of nitrogens with zero attached hydrogens (tertiary/aromatic N) is 3. The number of thiazole rings is 1. The van der Waals surface area contributed by atoms with Crippen LogP contribution in [0.5, 0.6) is 0 Å². The van der Waals surface area contributed by atoms with E-state index in [1.165, 1.54) is 11.6 Å². The zero-order chi connectivity index (χ0) is 21.5.